The summed E-state index contributed by atoms with van der Waals surface area (Å²) in [6, 6.07) is 39.8. The van der Waals surface area contributed by atoms with Gasteiger partial charge in [0, 0.05) is 213 Å². The summed E-state index contributed by atoms with van der Waals surface area (Å²) in [4.78, 5) is 87.0. The molecule has 4 aliphatic rings. The lowest BCUT2D eigenvalue weighted by atomic mass is 9.99. The maximum Gasteiger partial charge on any atom is 0.410 e. The van der Waals surface area contributed by atoms with Gasteiger partial charge in [0.05, 0.1) is 34.5 Å². The number of anilines is 2. The average Bonchev–Trinajstić information content (AvgIpc) is 1.62. The van der Waals surface area contributed by atoms with E-state index in [9.17, 15) is 24.0 Å². The molecule has 5 amide bonds. The number of carbonyl (C=O) groups excluding carboxylic acids is 5. The number of amides is 5. The van der Waals surface area contributed by atoms with Crippen LogP contribution in [0.15, 0.2) is 146 Å². The number of rotatable bonds is 26. The maximum atomic E-state index is 15.4. The Labute approximate surface area is 684 Å². The number of piperazine rings is 2. The minimum absolute atomic E-state index is 0.225. The molecule has 0 saturated carbocycles. The second kappa shape index (κ2) is 38.8. The molecule has 4 aliphatic heterocycles. The molecular formula is C91H110F2N16O8. The minimum atomic E-state index is -0.539. The van der Waals surface area contributed by atoms with Crippen molar-refractivity contribution < 1.29 is 47.0 Å². The van der Waals surface area contributed by atoms with Crippen molar-refractivity contribution in [1.29, 1.82) is 0 Å². The Balaban J connectivity index is 0.000000205. The highest BCUT2D eigenvalue weighted by molar-refractivity contribution is 6.01. The van der Waals surface area contributed by atoms with Gasteiger partial charge in [-0.3, -0.25) is 29.0 Å². The topological polar surface area (TPSA) is 251 Å². The first-order valence-corrected chi connectivity index (χ1v) is 41.2. The van der Waals surface area contributed by atoms with Crippen molar-refractivity contribution in [3.05, 3.63) is 225 Å². The first kappa shape index (κ1) is 83.9. The monoisotopic (exact) mass is 1590 g/mol. The molecule has 6 aromatic carbocycles. The van der Waals surface area contributed by atoms with Crippen LogP contribution in [0, 0.1) is 11.6 Å². The third kappa shape index (κ3) is 21.0. The van der Waals surface area contributed by atoms with Gasteiger partial charge in [-0.25, -0.2) is 32.9 Å². The molecule has 117 heavy (non-hydrogen) atoms. The molecule has 24 nitrogen and oxygen atoms in total. The van der Waals surface area contributed by atoms with Crippen molar-refractivity contribution in [2.75, 3.05) is 104 Å². The standard InChI is InChI=1S/C48H59FN8O5.C43H51FN8O3/c1-7-42-39(43(52-37-17-23-61-24-18-37)40-29-51-57(8-2)44(40)53-42)28-50-45(58)35-13-10-14-36(27-35)46(59)54(6)30-33-15-16-41(49)38(26-33)34-12-9-11-32(25-34)31-55-19-21-56(22-20-55)47(60)62-48(3,4)5;1-4-39-36(40(48-34-14-20-55-21-15-34)37-26-47-52(5-2)41(37)49-39)25-46-42(53)32-10-7-11-33(24-32)43(54)50(3)27-30-12-13-38(44)35(23-30)31-9-6-8-29(22-31)28-51-18-16-45-17-19-51/h9-16,25-27,29,37H,7-8,17-24,28,30-31H2,1-6H3,(H,50,58)(H,52,53);6-13,22-24,26,34,45H,4-5,14-21,25,27-28H2,1-3H3,(H,46,53)(H,48,49). The zero-order valence-electron chi connectivity index (χ0n) is 68.8. The molecule has 4 fully saturated rings. The van der Waals surface area contributed by atoms with E-state index >= 15 is 8.78 Å². The van der Waals surface area contributed by atoms with Gasteiger partial charge in [0.1, 0.15) is 17.2 Å². The average molecular weight is 1590 g/mol. The second-order valence-corrected chi connectivity index (χ2v) is 31.6. The number of aromatic nitrogens is 6. The number of fused-ring (bicyclic) bond motifs is 2. The fourth-order valence-electron chi connectivity index (χ4n) is 15.7. The number of ether oxygens (including phenoxy) is 3. The summed E-state index contributed by atoms with van der Waals surface area (Å²) >= 11 is 0. The van der Waals surface area contributed by atoms with Gasteiger partial charge in [0.15, 0.2) is 11.3 Å². The summed E-state index contributed by atoms with van der Waals surface area (Å²) in [5.74, 6) is -1.76. The zero-order chi connectivity index (χ0) is 82.3. The van der Waals surface area contributed by atoms with Crippen LogP contribution in [0.3, 0.4) is 0 Å². The molecule has 0 aliphatic carbocycles. The van der Waals surface area contributed by atoms with Crippen LogP contribution in [0.1, 0.15) is 160 Å². The fourth-order valence-corrected chi connectivity index (χ4v) is 15.7. The van der Waals surface area contributed by atoms with E-state index in [1.165, 1.54) is 12.1 Å². The van der Waals surface area contributed by atoms with Crippen LogP contribution < -0.4 is 26.6 Å². The van der Waals surface area contributed by atoms with Crippen molar-refractivity contribution in [3.63, 3.8) is 0 Å². The molecule has 616 valence electrons. The van der Waals surface area contributed by atoms with Gasteiger partial charge in [-0.05, 0) is 179 Å². The highest BCUT2D eigenvalue weighted by Crippen LogP contribution is 2.35. The number of nitrogens with one attached hydrogen (secondary N) is 5. The Hall–Kier alpha value is -11.0. The van der Waals surface area contributed by atoms with E-state index in [1.54, 1.807) is 95.5 Å². The lowest BCUT2D eigenvalue weighted by Gasteiger charge is -2.35. The summed E-state index contributed by atoms with van der Waals surface area (Å²) in [6.45, 7) is 27.0. The molecule has 0 bridgehead atoms. The number of aryl methyl sites for hydroxylation is 4. The largest absolute Gasteiger partial charge is 0.444 e. The molecular weight excluding hydrogens is 1480 g/mol. The Kier molecular flexibility index (Phi) is 27.8. The number of halogens is 2. The van der Waals surface area contributed by atoms with Gasteiger partial charge in [0.25, 0.3) is 23.6 Å². The molecule has 8 heterocycles. The van der Waals surface area contributed by atoms with Crippen LogP contribution >= 0.6 is 0 Å². The lowest BCUT2D eigenvalue weighted by Crippen LogP contribution is -2.49. The lowest BCUT2D eigenvalue weighted by molar-refractivity contribution is 0.0138. The molecule has 14 rings (SSSR count). The molecule has 0 unspecified atom stereocenters. The molecule has 4 saturated heterocycles. The van der Waals surface area contributed by atoms with Crippen molar-refractivity contribution in [2.24, 2.45) is 0 Å². The van der Waals surface area contributed by atoms with Gasteiger partial charge in [0.2, 0.25) is 0 Å². The predicted octanol–water partition coefficient (Wildman–Crippen LogP) is 13.7. The van der Waals surface area contributed by atoms with Gasteiger partial charge >= 0.3 is 6.09 Å². The van der Waals surface area contributed by atoms with Crippen LogP contribution in [0.4, 0.5) is 25.0 Å². The molecule has 10 aromatic rings. The Morgan fingerprint density at radius 1 is 0.521 bits per heavy atom. The summed E-state index contributed by atoms with van der Waals surface area (Å²) in [6.07, 6.45) is 8.30. The molecule has 0 atom stereocenters. The second-order valence-electron chi connectivity index (χ2n) is 31.6. The van der Waals surface area contributed by atoms with Gasteiger partial charge in [-0.2, -0.15) is 10.2 Å². The van der Waals surface area contributed by atoms with Crippen molar-refractivity contribution in [3.8, 4) is 22.3 Å². The normalized spacial score (nSPS) is 15.2. The third-order valence-electron chi connectivity index (χ3n) is 22.1. The quantitative estimate of drug-likeness (QED) is 0.0338. The van der Waals surface area contributed by atoms with Crippen LogP contribution in [0.2, 0.25) is 0 Å². The molecule has 4 aromatic heterocycles. The maximum absolute atomic E-state index is 15.4. The summed E-state index contributed by atoms with van der Waals surface area (Å²) in [7, 11) is 3.42. The van der Waals surface area contributed by atoms with E-state index in [-0.39, 0.29) is 79.6 Å². The van der Waals surface area contributed by atoms with E-state index in [2.05, 4.69) is 72.6 Å². The Morgan fingerprint density at radius 3 is 1.36 bits per heavy atom. The number of benzene rings is 6. The molecule has 5 N–H and O–H groups in total. The number of hydrogen-bond acceptors (Lipinski definition) is 17. The van der Waals surface area contributed by atoms with E-state index in [0.29, 0.717) is 118 Å². The predicted molar refractivity (Wildman–Crippen MR) is 452 cm³/mol. The van der Waals surface area contributed by atoms with Crippen molar-refractivity contribution in [2.45, 2.75) is 157 Å². The summed E-state index contributed by atoms with van der Waals surface area (Å²) in [5.41, 5.74) is 14.4. The molecule has 0 radical (unpaired) electrons. The van der Waals surface area contributed by atoms with Crippen molar-refractivity contribution >= 4 is 63.2 Å². The zero-order valence-corrected chi connectivity index (χ0v) is 68.8. The minimum Gasteiger partial charge on any atom is -0.444 e. The fraction of sp³-hybridized carbons (Fsp3) is 0.418. The SMILES string of the molecule is CCc1nc2c(cnn2CC)c(NC2CCOCC2)c1CNC(=O)c1cccc(C(=O)N(C)Cc2ccc(F)c(-c3cccc(CN4CCN(C(=O)OC(C)(C)C)CC4)c3)c2)c1.CCc1nc2c(cnn2CC)c(NC2CCOCC2)c1CNC(=O)c1cccc(C(=O)N(C)Cc2ccc(F)c(-c3cccc(CN4CCNCC4)c3)c2)c1. The van der Waals surface area contributed by atoms with Gasteiger partial charge in [-0.15, -0.1) is 0 Å². The summed E-state index contributed by atoms with van der Waals surface area (Å²) in [5, 5.41) is 28.1. The van der Waals surface area contributed by atoms with Crippen LogP contribution in [-0.4, -0.2) is 194 Å². The highest BCUT2D eigenvalue weighted by atomic mass is 19.1. The number of carbonyl (C=O) groups is 5. The van der Waals surface area contributed by atoms with E-state index < -0.39 is 5.60 Å². The molecule has 26 heteroatoms. The summed E-state index contributed by atoms with van der Waals surface area (Å²) < 4.78 is 51.1. The highest BCUT2D eigenvalue weighted by Gasteiger charge is 2.29. The van der Waals surface area contributed by atoms with E-state index in [1.807, 2.05) is 98.8 Å². The van der Waals surface area contributed by atoms with Gasteiger partial charge < -0.3 is 55.5 Å². The molecule has 0 spiro atoms. The van der Waals surface area contributed by atoms with Crippen LogP contribution in [0.25, 0.3) is 44.3 Å². The smallest absolute Gasteiger partial charge is 0.410 e. The van der Waals surface area contributed by atoms with Crippen molar-refractivity contribution in [1.82, 2.24) is 70.0 Å². The number of pyridine rings is 2. The number of hydrogen-bond donors (Lipinski definition) is 5. The first-order chi connectivity index (χ1) is 56.6. The van der Waals surface area contributed by atoms with Crippen LogP contribution in [0.5, 0.6) is 0 Å². The van der Waals surface area contributed by atoms with Gasteiger partial charge in [-0.1, -0.05) is 74.5 Å². The van der Waals surface area contributed by atoms with E-state index in [4.69, 9.17) is 24.2 Å². The first-order valence-electron chi connectivity index (χ1n) is 41.2. The third-order valence-corrected chi connectivity index (χ3v) is 22.1. The Bertz CT molecular complexity index is 5170. The number of nitrogens with zero attached hydrogens (tertiary/aromatic N) is 11. The Morgan fingerprint density at radius 2 is 0.940 bits per heavy atom. The van der Waals surface area contributed by atoms with E-state index in [0.717, 1.165) is 148 Å². The van der Waals surface area contributed by atoms with Crippen LogP contribution in [-0.2, 0) is 79.4 Å².